The maximum atomic E-state index is 6.63. The summed E-state index contributed by atoms with van der Waals surface area (Å²) in [5.41, 5.74) is 1.67. The molecule has 18 heavy (non-hydrogen) atoms. The van der Waals surface area contributed by atoms with Crippen LogP contribution < -0.4 is 0 Å². The zero-order valence-electron chi connectivity index (χ0n) is 14.1. The Hall–Kier alpha value is -0.460. The molecule has 0 aromatic rings. The third-order valence-electron chi connectivity index (χ3n) is 4.28. The van der Waals surface area contributed by atoms with Gasteiger partial charge in [-0.3, -0.25) is 0 Å². The molecule has 0 aliphatic carbocycles. The smallest absolute Gasteiger partial charge is 0.122 e. The summed E-state index contributed by atoms with van der Waals surface area (Å²) in [5.74, 6) is 1.20. The molecule has 106 valence electrons. The average Bonchev–Trinajstić information content (AvgIpc) is 2.40. The van der Waals surface area contributed by atoms with E-state index in [0.717, 1.165) is 6.42 Å². The van der Waals surface area contributed by atoms with Crippen molar-refractivity contribution < 1.29 is 4.74 Å². The molecule has 1 aliphatic heterocycles. The summed E-state index contributed by atoms with van der Waals surface area (Å²) < 4.78 is 6.63. The summed E-state index contributed by atoms with van der Waals surface area (Å²) in [5, 5.41) is 0. The van der Waals surface area contributed by atoms with Crippen LogP contribution in [0.2, 0.25) is 0 Å². The van der Waals surface area contributed by atoms with Gasteiger partial charge in [0.15, 0.2) is 0 Å². The summed E-state index contributed by atoms with van der Waals surface area (Å²) in [6, 6.07) is 0. The molecule has 0 spiro atoms. The summed E-state index contributed by atoms with van der Waals surface area (Å²) >= 11 is 0. The zero-order valence-corrected chi connectivity index (χ0v) is 14.1. The van der Waals surface area contributed by atoms with Crippen molar-refractivity contribution >= 4 is 0 Å². The van der Waals surface area contributed by atoms with Gasteiger partial charge in [0, 0.05) is 22.7 Å². The molecule has 0 unspecified atom stereocenters. The molecule has 0 amide bonds. The third-order valence-corrected chi connectivity index (χ3v) is 4.28. The van der Waals surface area contributed by atoms with Crippen LogP contribution in [0.15, 0.2) is 11.3 Å². The molecular weight excluding hydrogens is 220 g/mol. The molecule has 0 atom stereocenters. The van der Waals surface area contributed by atoms with Crippen LogP contribution in [0.25, 0.3) is 0 Å². The van der Waals surface area contributed by atoms with E-state index < -0.39 is 0 Å². The lowest BCUT2D eigenvalue weighted by molar-refractivity contribution is -0.146. The quantitative estimate of drug-likeness (QED) is 0.548. The van der Waals surface area contributed by atoms with Gasteiger partial charge in [0.25, 0.3) is 0 Å². The highest BCUT2D eigenvalue weighted by Crippen LogP contribution is 2.57. The predicted octanol–water partition coefficient (Wildman–Crippen LogP) is 5.56. The summed E-state index contributed by atoms with van der Waals surface area (Å²) in [6.45, 7) is 22.8. The second-order valence-electron chi connectivity index (χ2n) is 8.97. The van der Waals surface area contributed by atoms with Crippen LogP contribution in [0.5, 0.6) is 0 Å². The number of allylic oxidation sites excluding steroid dienone is 1. The third kappa shape index (κ3) is 2.33. The minimum absolute atomic E-state index is 0.0995. The van der Waals surface area contributed by atoms with Crippen LogP contribution in [0.1, 0.15) is 75.7 Å². The molecule has 1 heteroatoms. The van der Waals surface area contributed by atoms with Gasteiger partial charge in [-0.25, -0.2) is 0 Å². The second-order valence-corrected chi connectivity index (χ2v) is 8.97. The molecule has 0 aromatic carbocycles. The van der Waals surface area contributed by atoms with E-state index in [4.69, 9.17) is 4.74 Å². The van der Waals surface area contributed by atoms with E-state index in [1.165, 1.54) is 11.3 Å². The summed E-state index contributed by atoms with van der Waals surface area (Å²) in [6.07, 6.45) is 1.05. The highest BCUT2D eigenvalue weighted by Gasteiger charge is 2.57. The number of ether oxygens (including phenoxy) is 1. The fourth-order valence-corrected chi connectivity index (χ4v) is 3.51. The maximum Gasteiger partial charge on any atom is 0.122 e. The van der Waals surface area contributed by atoms with E-state index in [-0.39, 0.29) is 21.8 Å². The van der Waals surface area contributed by atoms with Gasteiger partial charge in [-0.05, 0) is 12.5 Å². The van der Waals surface area contributed by atoms with Crippen LogP contribution in [0.4, 0.5) is 0 Å². The molecule has 0 saturated heterocycles. The first-order chi connectivity index (χ1) is 7.72. The van der Waals surface area contributed by atoms with Crippen LogP contribution in [-0.4, -0.2) is 5.60 Å². The number of hydrogen-bond acceptors (Lipinski definition) is 1. The lowest BCUT2D eigenvalue weighted by Crippen LogP contribution is -2.53. The van der Waals surface area contributed by atoms with E-state index in [1.807, 2.05) is 0 Å². The van der Waals surface area contributed by atoms with Gasteiger partial charge in [-0.2, -0.15) is 0 Å². The molecule has 0 saturated carbocycles. The largest absolute Gasteiger partial charge is 0.490 e. The van der Waals surface area contributed by atoms with Gasteiger partial charge in [-0.15, -0.1) is 0 Å². The van der Waals surface area contributed by atoms with Crippen LogP contribution in [0, 0.1) is 16.2 Å². The lowest BCUT2D eigenvalue weighted by Gasteiger charge is -2.51. The van der Waals surface area contributed by atoms with Crippen molar-refractivity contribution in [2.45, 2.75) is 81.3 Å². The standard InChI is InChI=1S/C17H32O/c1-12-11-17(15(5,6)7,16(8,9)10)18-13(12)14(2,3)4/h11H2,1-10H3. The highest BCUT2D eigenvalue weighted by molar-refractivity contribution is 5.25. The van der Waals surface area contributed by atoms with E-state index >= 15 is 0 Å². The predicted molar refractivity (Wildman–Crippen MR) is 79.5 cm³/mol. The molecule has 1 nitrogen and oxygen atoms in total. The van der Waals surface area contributed by atoms with E-state index in [1.54, 1.807) is 0 Å². The topological polar surface area (TPSA) is 9.23 Å². The lowest BCUT2D eigenvalue weighted by atomic mass is 9.61. The Morgan fingerprint density at radius 1 is 0.833 bits per heavy atom. The van der Waals surface area contributed by atoms with Crippen molar-refractivity contribution in [1.29, 1.82) is 0 Å². The minimum Gasteiger partial charge on any atom is -0.490 e. The highest BCUT2D eigenvalue weighted by atomic mass is 16.5. The molecule has 1 heterocycles. The van der Waals surface area contributed by atoms with Crippen molar-refractivity contribution in [1.82, 2.24) is 0 Å². The minimum atomic E-state index is -0.104. The Morgan fingerprint density at radius 2 is 1.22 bits per heavy atom. The Balaban J connectivity index is 3.27. The molecule has 1 rings (SSSR count). The normalized spacial score (nSPS) is 21.2. The van der Waals surface area contributed by atoms with Crippen molar-refractivity contribution in [3.8, 4) is 0 Å². The van der Waals surface area contributed by atoms with Gasteiger partial charge in [0.05, 0.1) is 0 Å². The Kier molecular flexibility index (Phi) is 3.48. The van der Waals surface area contributed by atoms with Gasteiger partial charge >= 0.3 is 0 Å². The number of hydrogen-bond donors (Lipinski definition) is 0. The zero-order chi connectivity index (χ0) is 14.6. The molecule has 0 fully saturated rings. The van der Waals surface area contributed by atoms with Crippen LogP contribution in [0.3, 0.4) is 0 Å². The molecule has 0 N–H and O–H groups in total. The fourth-order valence-electron chi connectivity index (χ4n) is 3.51. The van der Waals surface area contributed by atoms with E-state index in [2.05, 4.69) is 69.2 Å². The van der Waals surface area contributed by atoms with Crippen molar-refractivity contribution in [3.63, 3.8) is 0 Å². The molecule has 0 aromatic heterocycles. The van der Waals surface area contributed by atoms with Crippen LogP contribution >= 0.6 is 0 Å². The van der Waals surface area contributed by atoms with Gasteiger partial charge in [0.1, 0.15) is 11.4 Å². The van der Waals surface area contributed by atoms with Crippen molar-refractivity contribution in [2.75, 3.05) is 0 Å². The second kappa shape index (κ2) is 4.02. The van der Waals surface area contributed by atoms with Gasteiger partial charge in [-0.1, -0.05) is 62.3 Å². The molecule has 0 radical (unpaired) electrons. The maximum absolute atomic E-state index is 6.63. The first-order valence-electron chi connectivity index (χ1n) is 7.12. The molecular formula is C17H32O. The Morgan fingerprint density at radius 3 is 1.39 bits per heavy atom. The first kappa shape index (κ1) is 15.6. The van der Waals surface area contributed by atoms with Gasteiger partial charge < -0.3 is 4.74 Å². The monoisotopic (exact) mass is 252 g/mol. The molecule has 0 bridgehead atoms. The summed E-state index contributed by atoms with van der Waals surface area (Å²) in [7, 11) is 0. The summed E-state index contributed by atoms with van der Waals surface area (Å²) in [4.78, 5) is 0. The van der Waals surface area contributed by atoms with Gasteiger partial charge in [0.2, 0.25) is 0 Å². The molecule has 1 aliphatic rings. The van der Waals surface area contributed by atoms with Crippen molar-refractivity contribution in [2.24, 2.45) is 16.2 Å². The SMILES string of the molecule is CC1=C(C(C)(C)C)OC(C(C)(C)C)(C(C)(C)C)C1. The van der Waals surface area contributed by atoms with E-state index in [0.29, 0.717) is 0 Å². The number of rotatable bonds is 0. The van der Waals surface area contributed by atoms with Crippen LogP contribution in [-0.2, 0) is 4.74 Å². The average molecular weight is 252 g/mol. The Labute approximate surface area is 114 Å². The van der Waals surface area contributed by atoms with E-state index in [9.17, 15) is 0 Å². The fraction of sp³-hybridized carbons (Fsp3) is 0.882. The Bertz CT molecular complexity index is 339. The van der Waals surface area contributed by atoms with Crippen molar-refractivity contribution in [3.05, 3.63) is 11.3 Å². The first-order valence-corrected chi connectivity index (χ1v) is 7.12.